The smallest absolute Gasteiger partial charge is 0.253 e. The minimum absolute atomic E-state index is 0.290. The van der Waals surface area contributed by atoms with Crippen molar-refractivity contribution in [1.29, 1.82) is 0 Å². The van der Waals surface area contributed by atoms with Gasteiger partial charge in [-0.1, -0.05) is 34.8 Å². The first-order chi connectivity index (χ1) is 11.0. The number of carbonyl (C=O) groups excluding carboxylic acids is 1. The van der Waals surface area contributed by atoms with Crippen LogP contribution >= 0.6 is 46.1 Å². The van der Waals surface area contributed by atoms with Gasteiger partial charge in [0.2, 0.25) is 0 Å². The van der Waals surface area contributed by atoms with Crippen molar-refractivity contribution in [3.05, 3.63) is 43.0 Å². The molecule has 1 amide bonds. The number of halogens is 3. The average Bonchev–Trinajstić information content (AvgIpc) is 2.72. The molecule has 0 atom stereocenters. The lowest BCUT2D eigenvalue weighted by Gasteiger charge is -2.12. The van der Waals surface area contributed by atoms with E-state index in [1.165, 1.54) is 0 Å². The van der Waals surface area contributed by atoms with Gasteiger partial charge < -0.3 is 14.8 Å². The summed E-state index contributed by atoms with van der Waals surface area (Å²) in [5.41, 5.74) is 1.17. The van der Waals surface area contributed by atoms with Crippen LogP contribution in [0.4, 0.5) is 0 Å². The van der Waals surface area contributed by atoms with Gasteiger partial charge in [-0.15, -0.1) is 11.3 Å². The van der Waals surface area contributed by atoms with Gasteiger partial charge in [-0.25, -0.2) is 0 Å². The van der Waals surface area contributed by atoms with E-state index in [0.29, 0.717) is 50.5 Å². The zero-order chi connectivity index (χ0) is 16.4. The molecule has 1 aromatic heterocycles. The molecule has 4 nitrogen and oxygen atoms in total. The second kappa shape index (κ2) is 7.18. The van der Waals surface area contributed by atoms with Gasteiger partial charge >= 0.3 is 0 Å². The number of amides is 1. The van der Waals surface area contributed by atoms with Crippen molar-refractivity contribution in [3.8, 4) is 11.5 Å². The standard InChI is InChI=1S/C15H12Cl3NO3S/c16-10-4-8(5-11-13(10)22-3-1-2-21-11)7-19-15(20)9-6-12(17)23-14(9)18/h4-6H,1-3,7H2,(H,19,20). The van der Waals surface area contributed by atoms with Gasteiger partial charge in [0.1, 0.15) is 4.34 Å². The molecule has 23 heavy (non-hydrogen) atoms. The van der Waals surface area contributed by atoms with Crippen LogP contribution in [-0.4, -0.2) is 19.1 Å². The normalized spacial score (nSPS) is 13.5. The Morgan fingerprint density at radius 1 is 1.17 bits per heavy atom. The Bertz CT molecular complexity index is 748. The summed E-state index contributed by atoms with van der Waals surface area (Å²) in [5.74, 6) is 0.851. The topological polar surface area (TPSA) is 47.6 Å². The number of ether oxygens (including phenoxy) is 2. The number of rotatable bonds is 3. The lowest BCUT2D eigenvalue weighted by molar-refractivity contribution is 0.0951. The molecule has 2 aromatic rings. The second-order valence-electron chi connectivity index (χ2n) is 4.88. The molecule has 0 radical (unpaired) electrons. The largest absolute Gasteiger partial charge is 0.489 e. The Morgan fingerprint density at radius 2 is 1.96 bits per heavy atom. The zero-order valence-electron chi connectivity index (χ0n) is 11.8. The Hall–Kier alpha value is -1.14. The van der Waals surface area contributed by atoms with Crippen LogP contribution in [0, 0.1) is 0 Å². The van der Waals surface area contributed by atoms with Crippen molar-refractivity contribution in [2.75, 3.05) is 13.2 Å². The number of benzene rings is 1. The highest BCUT2D eigenvalue weighted by Gasteiger charge is 2.17. The van der Waals surface area contributed by atoms with E-state index >= 15 is 0 Å². The van der Waals surface area contributed by atoms with Crippen molar-refractivity contribution in [2.24, 2.45) is 0 Å². The van der Waals surface area contributed by atoms with E-state index in [1.807, 2.05) is 6.07 Å². The van der Waals surface area contributed by atoms with Crippen LogP contribution in [0.5, 0.6) is 11.5 Å². The number of hydrogen-bond acceptors (Lipinski definition) is 4. The SMILES string of the molecule is O=C(NCc1cc(Cl)c2c(c1)OCCCO2)c1cc(Cl)sc1Cl. The predicted molar refractivity (Wildman–Crippen MR) is 92.6 cm³/mol. The third kappa shape index (κ3) is 3.86. The summed E-state index contributed by atoms with van der Waals surface area (Å²) in [4.78, 5) is 12.1. The summed E-state index contributed by atoms with van der Waals surface area (Å²) in [7, 11) is 0. The van der Waals surface area contributed by atoms with Gasteiger partial charge in [0, 0.05) is 13.0 Å². The van der Waals surface area contributed by atoms with E-state index < -0.39 is 0 Å². The highest BCUT2D eigenvalue weighted by atomic mass is 35.5. The fourth-order valence-electron chi connectivity index (χ4n) is 2.16. The molecule has 8 heteroatoms. The molecule has 1 aliphatic rings. The minimum atomic E-state index is -0.290. The summed E-state index contributed by atoms with van der Waals surface area (Å²) >= 11 is 19.2. The van der Waals surface area contributed by atoms with Crippen LogP contribution in [0.25, 0.3) is 0 Å². The molecule has 1 aliphatic heterocycles. The molecule has 0 saturated carbocycles. The van der Waals surface area contributed by atoms with Crippen LogP contribution in [0.15, 0.2) is 18.2 Å². The quantitative estimate of drug-likeness (QED) is 0.816. The van der Waals surface area contributed by atoms with Crippen molar-refractivity contribution >= 4 is 52.0 Å². The Kier molecular flexibility index (Phi) is 5.21. The van der Waals surface area contributed by atoms with Gasteiger partial charge in [-0.05, 0) is 23.8 Å². The van der Waals surface area contributed by atoms with Crippen molar-refractivity contribution in [3.63, 3.8) is 0 Å². The molecule has 122 valence electrons. The summed E-state index contributed by atoms with van der Waals surface area (Å²) in [5, 5.41) is 3.25. The van der Waals surface area contributed by atoms with E-state index in [2.05, 4.69) is 5.32 Å². The number of fused-ring (bicyclic) bond motifs is 1. The average molecular weight is 393 g/mol. The lowest BCUT2D eigenvalue weighted by atomic mass is 10.2. The summed E-state index contributed by atoms with van der Waals surface area (Å²) in [6, 6.07) is 5.11. The Labute approximate surface area is 152 Å². The maximum absolute atomic E-state index is 12.1. The van der Waals surface area contributed by atoms with Crippen LogP contribution in [0.3, 0.4) is 0 Å². The van der Waals surface area contributed by atoms with Gasteiger partial charge in [0.05, 0.1) is 28.1 Å². The van der Waals surface area contributed by atoms with Gasteiger partial charge in [-0.3, -0.25) is 4.79 Å². The number of carbonyl (C=O) groups is 1. The van der Waals surface area contributed by atoms with E-state index in [1.54, 1.807) is 12.1 Å². The maximum atomic E-state index is 12.1. The maximum Gasteiger partial charge on any atom is 0.253 e. The van der Waals surface area contributed by atoms with Gasteiger partial charge in [-0.2, -0.15) is 0 Å². The first kappa shape index (κ1) is 16.7. The monoisotopic (exact) mass is 391 g/mol. The summed E-state index contributed by atoms with van der Waals surface area (Å²) in [6.07, 6.45) is 0.800. The molecule has 0 saturated heterocycles. The van der Waals surface area contributed by atoms with Crippen LogP contribution in [-0.2, 0) is 6.54 Å². The molecule has 1 N–H and O–H groups in total. The third-order valence-corrected chi connectivity index (χ3v) is 4.98. The first-order valence-electron chi connectivity index (χ1n) is 6.85. The molecule has 0 bridgehead atoms. The first-order valence-corrected chi connectivity index (χ1v) is 8.80. The fourth-order valence-corrected chi connectivity index (χ4v) is 3.91. The van der Waals surface area contributed by atoms with Crippen molar-refractivity contribution < 1.29 is 14.3 Å². The number of hydrogen-bond donors (Lipinski definition) is 1. The molecule has 0 fully saturated rings. The minimum Gasteiger partial charge on any atom is -0.489 e. The fraction of sp³-hybridized carbons (Fsp3) is 0.267. The summed E-state index contributed by atoms with van der Waals surface area (Å²) < 4.78 is 12.0. The van der Waals surface area contributed by atoms with Crippen LogP contribution in [0.2, 0.25) is 13.7 Å². The Morgan fingerprint density at radius 3 is 2.70 bits per heavy atom. The van der Waals surface area contributed by atoms with Crippen molar-refractivity contribution in [1.82, 2.24) is 5.32 Å². The highest BCUT2D eigenvalue weighted by molar-refractivity contribution is 7.20. The molecule has 1 aromatic carbocycles. The van der Waals surface area contributed by atoms with Crippen LogP contribution < -0.4 is 14.8 Å². The van der Waals surface area contributed by atoms with E-state index in [9.17, 15) is 4.79 Å². The predicted octanol–water partition coefficient (Wildman–Crippen LogP) is 4.80. The molecular formula is C15H12Cl3NO3S. The lowest BCUT2D eigenvalue weighted by Crippen LogP contribution is -2.22. The highest BCUT2D eigenvalue weighted by Crippen LogP contribution is 2.38. The number of thiophene rings is 1. The van der Waals surface area contributed by atoms with Gasteiger partial charge in [0.25, 0.3) is 5.91 Å². The van der Waals surface area contributed by atoms with E-state index in [0.717, 1.165) is 23.3 Å². The number of nitrogens with one attached hydrogen (secondary N) is 1. The van der Waals surface area contributed by atoms with Crippen molar-refractivity contribution in [2.45, 2.75) is 13.0 Å². The molecule has 0 aliphatic carbocycles. The molecule has 3 rings (SSSR count). The molecule has 2 heterocycles. The summed E-state index contributed by atoms with van der Waals surface area (Å²) in [6.45, 7) is 1.43. The van der Waals surface area contributed by atoms with Crippen LogP contribution in [0.1, 0.15) is 22.3 Å². The van der Waals surface area contributed by atoms with Gasteiger partial charge in [0.15, 0.2) is 11.5 Å². The Balaban J connectivity index is 1.73. The second-order valence-corrected chi connectivity index (χ2v) is 7.57. The molecule has 0 spiro atoms. The zero-order valence-corrected chi connectivity index (χ0v) is 14.9. The van der Waals surface area contributed by atoms with E-state index in [-0.39, 0.29) is 5.91 Å². The van der Waals surface area contributed by atoms with E-state index in [4.69, 9.17) is 44.3 Å². The molecular weight excluding hydrogens is 381 g/mol. The molecule has 0 unspecified atom stereocenters. The third-order valence-electron chi connectivity index (χ3n) is 3.22.